The minimum Gasteiger partial charge on any atom is -0.488 e. The number of fused-ring (bicyclic) bond motifs is 2. The summed E-state index contributed by atoms with van der Waals surface area (Å²) >= 11 is 6.18. The van der Waals surface area contributed by atoms with Crippen molar-refractivity contribution in [3.05, 3.63) is 128 Å². The monoisotopic (exact) mass is 593 g/mol. The third kappa shape index (κ3) is 5.68. The van der Waals surface area contributed by atoms with E-state index < -0.39 is 4.92 Å². The summed E-state index contributed by atoms with van der Waals surface area (Å²) in [6, 6.07) is 25.9. The molecule has 6 rings (SSSR count). The van der Waals surface area contributed by atoms with E-state index in [0.29, 0.717) is 44.1 Å². The van der Waals surface area contributed by atoms with Gasteiger partial charge in [0.1, 0.15) is 17.9 Å². The van der Waals surface area contributed by atoms with Gasteiger partial charge in [0.15, 0.2) is 5.76 Å². The van der Waals surface area contributed by atoms with E-state index in [1.165, 1.54) is 23.0 Å². The van der Waals surface area contributed by atoms with Gasteiger partial charge in [-0.05, 0) is 54.1 Å². The van der Waals surface area contributed by atoms with Gasteiger partial charge in [0.2, 0.25) is 5.82 Å². The van der Waals surface area contributed by atoms with Gasteiger partial charge in [0.05, 0.1) is 22.0 Å². The Morgan fingerprint density at radius 1 is 1.05 bits per heavy atom. The molecule has 0 bridgehead atoms. The number of furan rings is 1. The molecule has 0 saturated heterocycles. The van der Waals surface area contributed by atoms with Crippen LogP contribution in [0.2, 0.25) is 5.02 Å². The number of nitro groups is 1. The predicted molar refractivity (Wildman–Crippen MR) is 167 cm³/mol. The highest BCUT2D eigenvalue weighted by Gasteiger charge is 2.17. The first-order chi connectivity index (χ1) is 20.8. The standard InChI is InChI=1S/C32H24ClN5O5/c1-36(2)24-12-10-21(29(17-24)42-19-20-6-5-7-25(14-20)38(40)41)18-34-37-31(35-27-9-4-3-8-26(27)32(37)39)30-16-22-15-23(33)11-13-28(22)43-30/h3-18H,19H2,1-2H3. The van der Waals surface area contributed by atoms with Crippen molar-refractivity contribution >= 4 is 51.1 Å². The van der Waals surface area contributed by atoms with E-state index >= 15 is 0 Å². The van der Waals surface area contributed by atoms with Crippen LogP contribution >= 0.6 is 11.6 Å². The van der Waals surface area contributed by atoms with Gasteiger partial charge in [-0.1, -0.05) is 35.9 Å². The number of para-hydroxylation sites is 1. The van der Waals surface area contributed by atoms with Crippen molar-refractivity contribution < 1.29 is 14.1 Å². The van der Waals surface area contributed by atoms with E-state index in [1.807, 2.05) is 43.3 Å². The maximum Gasteiger partial charge on any atom is 0.282 e. The van der Waals surface area contributed by atoms with Gasteiger partial charge >= 0.3 is 0 Å². The Hall–Kier alpha value is -5.48. The van der Waals surface area contributed by atoms with Crippen molar-refractivity contribution in [2.24, 2.45) is 5.10 Å². The summed E-state index contributed by atoms with van der Waals surface area (Å²) in [4.78, 5) is 31.1. The molecule has 214 valence electrons. The van der Waals surface area contributed by atoms with Crippen molar-refractivity contribution in [1.29, 1.82) is 0 Å². The zero-order valence-electron chi connectivity index (χ0n) is 23.1. The number of anilines is 1. The number of aromatic nitrogens is 2. The zero-order valence-corrected chi connectivity index (χ0v) is 23.9. The van der Waals surface area contributed by atoms with Crippen LogP contribution in [0.1, 0.15) is 11.1 Å². The molecule has 4 aromatic carbocycles. The van der Waals surface area contributed by atoms with Crippen molar-refractivity contribution in [1.82, 2.24) is 9.66 Å². The first kappa shape index (κ1) is 27.7. The lowest BCUT2D eigenvalue weighted by Gasteiger charge is -2.16. The Morgan fingerprint density at radius 2 is 1.88 bits per heavy atom. The summed E-state index contributed by atoms with van der Waals surface area (Å²) in [5, 5.41) is 17.5. The van der Waals surface area contributed by atoms with Crippen LogP contribution in [0.5, 0.6) is 5.75 Å². The van der Waals surface area contributed by atoms with E-state index in [9.17, 15) is 14.9 Å². The predicted octanol–water partition coefficient (Wildman–Crippen LogP) is 6.90. The van der Waals surface area contributed by atoms with Crippen LogP contribution in [0.4, 0.5) is 11.4 Å². The highest BCUT2D eigenvalue weighted by atomic mass is 35.5. The molecule has 0 radical (unpaired) electrons. The van der Waals surface area contributed by atoms with Crippen molar-refractivity contribution in [2.75, 3.05) is 19.0 Å². The molecule has 43 heavy (non-hydrogen) atoms. The number of benzene rings is 4. The van der Waals surface area contributed by atoms with E-state index in [2.05, 4.69) is 5.10 Å². The lowest BCUT2D eigenvalue weighted by Crippen LogP contribution is -2.20. The highest BCUT2D eigenvalue weighted by Crippen LogP contribution is 2.30. The number of hydrogen-bond donors (Lipinski definition) is 0. The molecule has 0 aliphatic heterocycles. The van der Waals surface area contributed by atoms with Gasteiger partial charge in [0, 0.05) is 54.0 Å². The molecular weight excluding hydrogens is 570 g/mol. The fourth-order valence-corrected chi connectivity index (χ4v) is 4.77. The first-order valence-electron chi connectivity index (χ1n) is 13.2. The second kappa shape index (κ2) is 11.4. The quantitative estimate of drug-likeness (QED) is 0.107. The second-order valence-electron chi connectivity index (χ2n) is 9.94. The van der Waals surface area contributed by atoms with Crippen LogP contribution in [0.3, 0.4) is 0 Å². The van der Waals surface area contributed by atoms with Gasteiger partial charge in [-0.25, -0.2) is 4.98 Å². The normalized spacial score (nSPS) is 11.4. The van der Waals surface area contributed by atoms with Gasteiger partial charge in [0.25, 0.3) is 11.2 Å². The van der Waals surface area contributed by atoms with Crippen molar-refractivity contribution in [2.45, 2.75) is 6.61 Å². The number of halogens is 1. The van der Waals surface area contributed by atoms with Crippen LogP contribution < -0.4 is 15.2 Å². The Bertz CT molecular complexity index is 2100. The number of nitrogens with zero attached hydrogens (tertiary/aromatic N) is 5. The Labute approximate surface area is 250 Å². The summed E-state index contributed by atoms with van der Waals surface area (Å²) in [6.45, 7) is 0.0870. The highest BCUT2D eigenvalue weighted by molar-refractivity contribution is 6.31. The molecule has 0 atom stereocenters. The largest absolute Gasteiger partial charge is 0.488 e. The Morgan fingerprint density at radius 3 is 2.70 bits per heavy atom. The average Bonchev–Trinajstić information content (AvgIpc) is 3.43. The number of nitro benzene ring substituents is 1. The van der Waals surface area contributed by atoms with Crippen LogP contribution in [0.25, 0.3) is 33.5 Å². The lowest BCUT2D eigenvalue weighted by atomic mass is 10.1. The fourth-order valence-electron chi connectivity index (χ4n) is 4.59. The van der Waals surface area contributed by atoms with E-state index in [0.717, 1.165) is 11.1 Å². The van der Waals surface area contributed by atoms with Crippen LogP contribution in [0.15, 0.2) is 105 Å². The summed E-state index contributed by atoms with van der Waals surface area (Å²) < 4.78 is 13.4. The van der Waals surface area contributed by atoms with Crippen LogP contribution in [-0.4, -0.2) is 34.9 Å². The number of hydrogen-bond acceptors (Lipinski definition) is 8. The molecule has 2 heterocycles. The maximum atomic E-state index is 13.7. The second-order valence-corrected chi connectivity index (χ2v) is 10.4. The number of rotatable bonds is 8. The maximum absolute atomic E-state index is 13.7. The third-order valence-electron chi connectivity index (χ3n) is 6.79. The zero-order chi connectivity index (χ0) is 30.1. The molecule has 0 amide bonds. The Kier molecular flexibility index (Phi) is 7.35. The van der Waals surface area contributed by atoms with Crippen molar-refractivity contribution in [3.8, 4) is 17.3 Å². The number of ether oxygens (including phenoxy) is 1. The first-order valence-corrected chi connectivity index (χ1v) is 13.6. The smallest absolute Gasteiger partial charge is 0.282 e. The van der Waals surface area contributed by atoms with E-state index in [1.54, 1.807) is 54.6 Å². The molecular formula is C32H24ClN5O5. The summed E-state index contributed by atoms with van der Waals surface area (Å²) in [5.41, 5.74) is 2.79. The Balaban J connectivity index is 1.43. The SMILES string of the molecule is CN(C)c1ccc(C=Nn2c(-c3cc4cc(Cl)ccc4o3)nc3ccccc3c2=O)c(OCc2cccc([N+](=O)[O-])c2)c1. The van der Waals surface area contributed by atoms with E-state index in [-0.39, 0.29) is 23.7 Å². The third-order valence-corrected chi connectivity index (χ3v) is 7.03. The minimum atomic E-state index is -0.447. The number of non-ortho nitro benzene ring substituents is 1. The van der Waals surface area contributed by atoms with Gasteiger partial charge < -0.3 is 14.1 Å². The summed E-state index contributed by atoms with van der Waals surface area (Å²) in [5.74, 6) is 1.04. The molecule has 6 aromatic rings. The minimum absolute atomic E-state index is 0.0199. The average molecular weight is 594 g/mol. The van der Waals surface area contributed by atoms with Crippen LogP contribution in [-0.2, 0) is 6.61 Å². The topological polar surface area (TPSA) is 116 Å². The molecule has 0 unspecified atom stereocenters. The summed E-state index contributed by atoms with van der Waals surface area (Å²) in [7, 11) is 3.81. The van der Waals surface area contributed by atoms with Gasteiger partial charge in [-0.2, -0.15) is 9.78 Å². The fraction of sp³-hybridized carbons (Fsp3) is 0.0938. The molecule has 2 aromatic heterocycles. The van der Waals surface area contributed by atoms with Crippen molar-refractivity contribution in [3.63, 3.8) is 0 Å². The molecule has 11 heteroatoms. The molecule has 0 spiro atoms. The lowest BCUT2D eigenvalue weighted by molar-refractivity contribution is -0.384. The molecule has 0 aliphatic carbocycles. The molecule has 0 N–H and O–H groups in total. The van der Waals surface area contributed by atoms with Gasteiger partial charge in [-0.15, -0.1) is 0 Å². The molecule has 0 fully saturated rings. The molecule has 0 saturated carbocycles. The van der Waals surface area contributed by atoms with Gasteiger partial charge in [-0.3, -0.25) is 14.9 Å². The van der Waals surface area contributed by atoms with Crippen LogP contribution in [0, 0.1) is 10.1 Å². The van der Waals surface area contributed by atoms with E-state index in [4.69, 9.17) is 25.7 Å². The molecule has 10 nitrogen and oxygen atoms in total. The summed E-state index contributed by atoms with van der Waals surface area (Å²) in [6.07, 6.45) is 1.52. The molecule has 0 aliphatic rings.